The Balaban J connectivity index is 2.83. The summed E-state index contributed by atoms with van der Waals surface area (Å²) in [6.07, 6.45) is 1.27. The molecule has 0 amide bonds. The molecule has 0 bridgehead atoms. The van der Waals surface area contributed by atoms with Gasteiger partial charge >= 0.3 is 6.01 Å². The van der Waals surface area contributed by atoms with Crippen LogP contribution in [-0.2, 0) is 9.05 Å². The number of hydrogen-bond donors (Lipinski definition) is 0. The number of halogens is 2. The fraction of sp³-hybridized carbons (Fsp3) is 0.167. The normalized spacial score (nSPS) is 11.9. The average molecular weight is 283 g/mol. The molecule has 0 fully saturated rings. The van der Waals surface area contributed by atoms with Gasteiger partial charge in [0.15, 0.2) is 5.65 Å². The van der Waals surface area contributed by atoms with Crippen molar-refractivity contribution in [1.29, 1.82) is 0 Å². The summed E-state index contributed by atoms with van der Waals surface area (Å²) in [5.74, 6) is 0. The molecule has 0 aromatic carbocycles. The molecule has 16 heavy (non-hydrogen) atoms. The zero-order valence-electron chi connectivity index (χ0n) is 7.76. The van der Waals surface area contributed by atoms with Gasteiger partial charge in [-0.3, -0.25) is 0 Å². The summed E-state index contributed by atoms with van der Waals surface area (Å²) in [6.45, 7) is 0. The monoisotopic (exact) mass is 282 g/mol. The molecule has 2 rings (SSSR count). The van der Waals surface area contributed by atoms with Crippen molar-refractivity contribution in [2.75, 3.05) is 7.11 Å². The smallest absolute Gasteiger partial charge is 0.319 e. The molecule has 0 atom stereocenters. The van der Waals surface area contributed by atoms with Gasteiger partial charge in [-0.15, -0.1) is 5.10 Å². The molecule has 0 unspecified atom stereocenters. The van der Waals surface area contributed by atoms with Crippen molar-refractivity contribution in [3.05, 3.63) is 11.2 Å². The number of methoxy groups -OCH3 is 1. The highest BCUT2D eigenvalue weighted by Gasteiger charge is 2.20. The van der Waals surface area contributed by atoms with Crippen molar-refractivity contribution in [3.8, 4) is 6.01 Å². The average Bonchev–Trinajstić information content (AvgIpc) is 2.63. The van der Waals surface area contributed by atoms with Crippen LogP contribution in [0.15, 0.2) is 11.4 Å². The van der Waals surface area contributed by atoms with E-state index in [0.717, 1.165) is 4.52 Å². The minimum atomic E-state index is -4.02. The van der Waals surface area contributed by atoms with Gasteiger partial charge in [0, 0.05) is 10.7 Å². The van der Waals surface area contributed by atoms with Crippen LogP contribution in [0.4, 0.5) is 0 Å². The standard InChI is InChI=1S/C6H4Cl2N4O3S/c1-15-6-9-2-3(7)4-10-5(11-12(4)6)16(8,13)14/h2H,1H3. The molecule has 0 spiro atoms. The molecular formula is C6H4Cl2N4O3S. The van der Waals surface area contributed by atoms with Gasteiger partial charge in [0.1, 0.15) is 5.02 Å². The lowest BCUT2D eigenvalue weighted by Crippen LogP contribution is -1.99. The molecule has 0 aliphatic carbocycles. The van der Waals surface area contributed by atoms with Gasteiger partial charge in [-0.2, -0.15) is 9.50 Å². The maximum absolute atomic E-state index is 11.0. The van der Waals surface area contributed by atoms with Crippen LogP contribution in [0.5, 0.6) is 6.01 Å². The van der Waals surface area contributed by atoms with Gasteiger partial charge in [-0.25, -0.2) is 13.4 Å². The van der Waals surface area contributed by atoms with Crippen molar-refractivity contribution in [2.24, 2.45) is 0 Å². The van der Waals surface area contributed by atoms with Gasteiger partial charge in [0.05, 0.1) is 13.3 Å². The summed E-state index contributed by atoms with van der Waals surface area (Å²) in [6, 6.07) is 0.0541. The lowest BCUT2D eigenvalue weighted by molar-refractivity contribution is 0.366. The molecular weight excluding hydrogens is 279 g/mol. The fourth-order valence-electron chi connectivity index (χ4n) is 1.05. The molecule has 7 nitrogen and oxygen atoms in total. The van der Waals surface area contributed by atoms with Gasteiger partial charge in [0.2, 0.25) is 0 Å². The van der Waals surface area contributed by atoms with Crippen molar-refractivity contribution in [2.45, 2.75) is 5.16 Å². The summed E-state index contributed by atoms with van der Waals surface area (Å²) in [5, 5.41) is 3.21. The molecule has 2 aromatic rings. The first kappa shape index (κ1) is 11.4. The van der Waals surface area contributed by atoms with E-state index in [0.29, 0.717) is 0 Å². The van der Waals surface area contributed by atoms with Crippen LogP contribution in [0.25, 0.3) is 5.65 Å². The number of fused-ring (bicyclic) bond motifs is 1. The zero-order chi connectivity index (χ0) is 11.9. The Labute approximate surface area is 99.4 Å². The van der Waals surface area contributed by atoms with Crippen LogP contribution in [0.2, 0.25) is 5.02 Å². The highest BCUT2D eigenvalue weighted by atomic mass is 35.7. The van der Waals surface area contributed by atoms with Crippen LogP contribution >= 0.6 is 22.3 Å². The van der Waals surface area contributed by atoms with Gasteiger partial charge < -0.3 is 4.74 Å². The maximum Gasteiger partial charge on any atom is 0.319 e. The highest BCUT2D eigenvalue weighted by molar-refractivity contribution is 8.13. The largest absolute Gasteiger partial charge is 0.467 e. The summed E-state index contributed by atoms with van der Waals surface area (Å²) >= 11 is 5.77. The Morgan fingerprint density at radius 1 is 1.50 bits per heavy atom. The van der Waals surface area contributed by atoms with Crippen LogP contribution in [0, 0.1) is 0 Å². The van der Waals surface area contributed by atoms with E-state index in [9.17, 15) is 8.42 Å². The predicted octanol–water partition coefficient (Wildman–Crippen LogP) is 0.714. The van der Waals surface area contributed by atoms with E-state index >= 15 is 0 Å². The number of hydrogen-bond acceptors (Lipinski definition) is 6. The first-order valence-electron chi connectivity index (χ1n) is 3.83. The summed E-state index contributed by atoms with van der Waals surface area (Å²) in [4.78, 5) is 7.46. The van der Waals surface area contributed by atoms with Crippen LogP contribution in [-0.4, -0.2) is 35.1 Å². The summed E-state index contributed by atoms with van der Waals surface area (Å²) in [7, 11) is 2.44. The third kappa shape index (κ3) is 1.79. The molecule has 0 saturated heterocycles. The van der Waals surface area contributed by atoms with Gasteiger partial charge in [0.25, 0.3) is 14.2 Å². The van der Waals surface area contributed by atoms with E-state index in [1.54, 1.807) is 0 Å². The number of rotatable bonds is 2. The molecule has 0 N–H and O–H groups in total. The molecule has 0 aliphatic heterocycles. The van der Waals surface area contributed by atoms with Gasteiger partial charge in [-0.1, -0.05) is 11.6 Å². The molecule has 2 heterocycles. The lowest BCUT2D eigenvalue weighted by atomic mass is 10.6. The van der Waals surface area contributed by atoms with Gasteiger partial charge in [-0.05, 0) is 0 Å². The van der Waals surface area contributed by atoms with E-state index < -0.39 is 14.2 Å². The molecule has 2 aromatic heterocycles. The third-order valence-corrected chi connectivity index (χ3v) is 2.96. The van der Waals surface area contributed by atoms with Crippen molar-refractivity contribution < 1.29 is 13.2 Å². The molecule has 10 heteroatoms. The Morgan fingerprint density at radius 2 is 2.19 bits per heavy atom. The summed E-state index contributed by atoms with van der Waals surface area (Å²) in [5.41, 5.74) is 0.104. The number of aromatic nitrogens is 4. The Bertz CT molecular complexity index is 653. The first-order chi connectivity index (χ1) is 7.43. The highest BCUT2D eigenvalue weighted by Crippen LogP contribution is 2.21. The predicted molar refractivity (Wildman–Crippen MR) is 55.4 cm³/mol. The van der Waals surface area contributed by atoms with Crippen LogP contribution in [0.1, 0.15) is 0 Å². The minimum Gasteiger partial charge on any atom is -0.467 e. The lowest BCUT2D eigenvalue weighted by Gasteiger charge is -1.99. The van der Waals surface area contributed by atoms with Crippen molar-refractivity contribution in [1.82, 2.24) is 19.6 Å². The second-order valence-corrected chi connectivity index (χ2v) is 5.53. The maximum atomic E-state index is 11.0. The quantitative estimate of drug-likeness (QED) is 0.754. The van der Waals surface area contributed by atoms with E-state index in [4.69, 9.17) is 27.0 Å². The van der Waals surface area contributed by atoms with Crippen LogP contribution < -0.4 is 4.74 Å². The molecule has 86 valence electrons. The minimum absolute atomic E-state index is 0.0541. The SMILES string of the molecule is COc1ncc(Cl)c2nc(S(=O)(=O)Cl)nn12. The molecule has 0 aliphatic rings. The second kappa shape index (κ2) is 3.72. The zero-order valence-corrected chi connectivity index (χ0v) is 10.1. The van der Waals surface area contributed by atoms with Crippen LogP contribution in [0.3, 0.4) is 0 Å². The third-order valence-electron chi connectivity index (χ3n) is 1.67. The Hall–Kier alpha value is -1.12. The first-order valence-corrected chi connectivity index (χ1v) is 6.52. The Morgan fingerprint density at radius 3 is 2.75 bits per heavy atom. The van der Waals surface area contributed by atoms with Crippen molar-refractivity contribution in [3.63, 3.8) is 0 Å². The van der Waals surface area contributed by atoms with E-state index in [2.05, 4.69) is 15.1 Å². The topological polar surface area (TPSA) is 86.5 Å². The number of nitrogens with zero attached hydrogens (tertiary/aromatic N) is 4. The fourth-order valence-corrected chi connectivity index (χ4v) is 1.79. The van der Waals surface area contributed by atoms with Crippen molar-refractivity contribution >= 4 is 37.0 Å². The van der Waals surface area contributed by atoms with E-state index in [1.165, 1.54) is 13.3 Å². The van der Waals surface area contributed by atoms with E-state index in [-0.39, 0.29) is 16.7 Å². The van der Waals surface area contributed by atoms with E-state index in [1.807, 2.05) is 0 Å². The molecule has 0 saturated carbocycles. The number of ether oxygens (including phenoxy) is 1. The Kier molecular flexibility index (Phi) is 2.64. The second-order valence-electron chi connectivity index (χ2n) is 2.66. The summed E-state index contributed by atoms with van der Waals surface area (Å²) < 4.78 is 28.0. The molecule has 0 radical (unpaired) electrons.